The number of aliphatic carboxylic acids is 1. The molecule has 0 aromatic heterocycles. The highest BCUT2D eigenvalue weighted by Gasteiger charge is 2.38. The maximum absolute atomic E-state index is 12.7. The van der Waals surface area contributed by atoms with Crippen molar-refractivity contribution in [3.05, 3.63) is 59.7 Å². The van der Waals surface area contributed by atoms with E-state index >= 15 is 0 Å². The molecule has 178 valence electrons. The van der Waals surface area contributed by atoms with Gasteiger partial charge in [0.05, 0.1) is 12.0 Å². The number of carbonyl (C=O) groups is 3. The van der Waals surface area contributed by atoms with E-state index in [1.54, 1.807) is 0 Å². The van der Waals surface area contributed by atoms with Gasteiger partial charge >= 0.3 is 12.1 Å². The molecule has 4 atom stereocenters. The molecular weight excluding hydrogens is 436 g/mol. The summed E-state index contributed by atoms with van der Waals surface area (Å²) in [6.45, 7) is 0.553. The molecule has 1 aliphatic heterocycles. The van der Waals surface area contributed by atoms with Crippen molar-refractivity contribution in [3.8, 4) is 11.1 Å². The average molecular weight is 465 g/mol. The predicted octanol–water partition coefficient (Wildman–Crippen LogP) is 3.05. The van der Waals surface area contributed by atoms with Crippen molar-refractivity contribution in [2.24, 2.45) is 5.92 Å². The van der Waals surface area contributed by atoms with Crippen molar-refractivity contribution >= 4 is 18.0 Å². The summed E-state index contributed by atoms with van der Waals surface area (Å²) in [7, 11) is 0. The molecule has 3 N–H and O–H groups in total. The first-order chi connectivity index (χ1) is 16.5. The molecule has 0 unspecified atom stereocenters. The molecule has 2 amide bonds. The molecule has 0 bridgehead atoms. The Bertz CT molecular complexity index is 1060. The van der Waals surface area contributed by atoms with Crippen molar-refractivity contribution in [1.29, 1.82) is 0 Å². The van der Waals surface area contributed by atoms with Gasteiger partial charge in [-0.3, -0.25) is 9.59 Å². The molecular formula is C26H28N2O6. The van der Waals surface area contributed by atoms with Gasteiger partial charge in [-0.05, 0) is 47.9 Å². The number of carboxylic acids is 1. The topological polar surface area (TPSA) is 114 Å². The molecule has 34 heavy (non-hydrogen) atoms. The van der Waals surface area contributed by atoms with E-state index in [9.17, 15) is 14.4 Å². The molecule has 2 fully saturated rings. The molecule has 0 spiro atoms. The number of alkyl carbamates (subject to hydrolysis) is 1. The van der Waals surface area contributed by atoms with Gasteiger partial charge in [0.25, 0.3) is 5.91 Å². The van der Waals surface area contributed by atoms with Gasteiger partial charge in [0.15, 0.2) is 6.10 Å². The monoisotopic (exact) mass is 464 g/mol. The summed E-state index contributed by atoms with van der Waals surface area (Å²) in [6, 6.07) is 15.6. The third-order valence-corrected chi connectivity index (χ3v) is 7.13. The lowest BCUT2D eigenvalue weighted by atomic mass is 9.98. The molecule has 2 aromatic rings. The highest BCUT2D eigenvalue weighted by molar-refractivity contribution is 5.83. The Morgan fingerprint density at radius 2 is 1.62 bits per heavy atom. The Kier molecular flexibility index (Phi) is 6.24. The van der Waals surface area contributed by atoms with E-state index in [1.807, 2.05) is 24.3 Å². The van der Waals surface area contributed by atoms with Gasteiger partial charge in [-0.2, -0.15) is 0 Å². The van der Waals surface area contributed by atoms with Crippen molar-refractivity contribution in [3.63, 3.8) is 0 Å². The first kappa shape index (κ1) is 22.4. The summed E-state index contributed by atoms with van der Waals surface area (Å²) in [5.74, 6) is -1.62. The van der Waals surface area contributed by atoms with Crippen LogP contribution in [0.1, 0.15) is 42.7 Å². The van der Waals surface area contributed by atoms with E-state index in [-0.39, 0.29) is 24.5 Å². The summed E-state index contributed by atoms with van der Waals surface area (Å²) >= 11 is 0. The fourth-order valence-electron chi connectivity index (χ4n) is 5.41. The Morgan fingerprint density at radius 1 is 0.941 bits per heavy atom. The first-order valence-corrected chi connectivity index (χ1v) is 11.8. The lowest BCUT2D eigenvalue weighted by molar-refractivity contribution is -0.141. The Balaban J connectivity index is 1.17. The normalized spacial score (nSPS) is 25.4. The molecule has 1 saturated carbocycles. The van der Waals surface area contributed by atoms with Crippen molar-refractivity contribution in [1.82, 2.24) is 10.6 Å². The van der Waals surface area contributed by atoms with E-state index in [0.717, 1.165) is 22.3 Å². The molecule has 8 nitrogen and oxygen atoms in total. The average Bonchev–Trinajstić information content (AvgIpc) is 3.56. The fraction of sp³-hybridized carbons (Fsp3) is 0.423. The largest absolute Gasteiger partial charge is 0.481 e. The number of fused-ring (bicyclic) bond motifs is 3. The van der Waals surface area contributed by atoms with Gasteiger partial charge in [-0.1, -0.05) is 48.5 Å². The van der Waals surface area contributed by atoms with Crippen LogP contribution in [0.4, 0.5) is 4.79 Å². The standard InChI is InChI=1S/C26H28N2O6/c29-24(27-16-10-9-15(13-16)25(30)31)23-22(11-12-33-23)28-26(32)34-14-21-19-7-3-1-5-17(19)18-6-2-4-8-20(18)21/h1-8,15-16,21-23H,9-14H2,(H,27,29)(H,28,32)(H,30,31)/t15-,16+,22+,23-/m1/s1. The number of carboxylic acid groups (broad SMARTS) is 1. The molecule has 0 radical (unpaired) electrons. The fourth-order valence-corrected chi connectivity index (χ4v) is 5.41. The lowest BCUT2D eigenvalue weighted by Crippen LogP contribution is -2.50. The minimum atomic E-state index is -0.830. The smallest absolute Gasteiger partial charge is 0.407 e. The van der Waals surface area contributed by atoms with Crippen molar-refractivity contribution in [2.75, 3.05) is 13.2 Å². The molecule has 2 aliphatic carbocycles. The van der Waals surface area contributed by atoms with Gasteiger partial charge in [0.1, 0.15) is 6.61 Å². The van der Waals surface area contributed by atoms with Gasteiger partial charge in [0.2, 0.25) is 0 Å². The Labute approximate surface area is 197 Å². The molecule has 5 rings (SSSR count). The van der Waals surface area contributed by atoms with Gasteiger partial charge in [-0.25, -0.2) is 4.79 Å². The number of hydrogen-bond donors (Lipinski definition) is 3. The summed E-state index contributed by atoms with van der Waals surface area (Å²) in [6.07, 6.45) is 0.696. The third kappa shape index (κ3) is 4.37. The number of hydrogen-bond acceptors (Lipinski definition) is 5. The summed E-state index contributed by atoms with van der Waals surface area (Å²) < 4.78 is 11.2. The van der Waals surface area contributed by atoms with E-state index in [4.69, 9.17) is 14.6 Å². The second-order valence-electron chi connectivity index (χ2n) is 9.21. The Hall–Kier alpha value is -3.39. The minimum Gasteiger partial charge on any atom is -0.481 e. The zero-order chi connectivity index (χ0) is 23.7. The van der Waals surface area contributed by atoms with Gasteiger partial charge < -0.3 is 25.2 Å². The second-order valence-corrected chi connectivity index (χ2v) is 9.21. The van der Waals surface area contributed by atoms with Crippen LogP contribution in [0.5, 0.6) is 0 Å². The van der Waals surface area contributed by atoms with E-state index in [0.29, 0.717) is 32.3 Å². The highest BCUT2D eigenvalue weighted by atomic mass is 16.6. The molecule has 3 aliphatic rings. The van der Waals surface area contributed by atoms with Crippen LogP contribution >= 0.6 is 0 Å². The molecule has 1 saturated heterocycles. The molecule has 8 heteroatoms. The third-order valence-electron chi connectivity index (χ3n) is 7.13. The van der Waals surface area contributed by atoms with Crippen LogP contribution in [0.2, 0.25) is 0 Å². The quantitative estimate of drug-likeness (QED) is 0.606. The van der Waals surface area contributed by atoms with Crippen LogP contribution in [0.25, 0.3) is 11.1 Å². The zero-order valence-corrected chi connectivity index (χ0v) is 18.7. The van der Waals surface area contributed by atoms with Crippen molar-refractivity contribution < 1.29 is 29.0 Å². The maximum Gasteiger partial charge on any atom is 0.407 e. The maximum atomic E-state index is 12.7. The number of amides is 2. The summed E-state index contributed by atoms with van der Waals surface area (Å²) in [5, 5.41) is 14.8. The summed E-state index contributed by atoms with van der Waals surface area (Å²) in [5.41, 5.74) is 4.58. The van der Waals surface area contributed by atoms with Crippen LogP contribution < -0.4 is 10.6 Å². The number of nitrogens with one attached hydrogen (secondary N) is 2. The number of carbonyl (C=O) groups excluding carboxylic acids is 2. The zero-order valence-electron chi connectivity index (χ0n) is 18.7. The van der Waals surface area contributed by atoms with Gasteiger partial charge in [0, 0.05) is 18.6 Å². The van der Waals surface area contributed by atoms with Crippen LogP contribution in [0, 0.1) is 5.92 Å². The minimum absolute atomic E-state index is 0.0402. The SMILES string of the molecule is O=C(N[C@H]1CCO[C@H]1C(=O)N[C@H]1CC[C@@H](C(=O)O)C1)OCC1c2ccccc2-c2ccccc21. The highest BCUT2D eigenvalue weighted by Crippen LogP contribution is 2.44. The lowest BCUT2D eigenvalue weighted by Gasteiger charge is -2.22. The Morgan fingerprint density at radius 3 is 2.26 bits per heavy atom. The number of rotatable bonds is 6. The van der Waals surface area contributed by atoms with Crippen LogP contribution in [0.15, 0.2) is 48.5 Å². The predicted molar refractivity (Wildman–Crippen MR) is 123 cm³/mol. The number of ether oxygens (including phenoxy) is 2. The molecule has 1 heterocycles. The molecule has 2 aromatic carbocycles. The second kappa shape index (κ2) is 9.46. The van der Waals surface area contributed by atoms with E-state index in [1.165, 1.54) is 0 Å². The van der Waals surface area contributed by atoms with Crippen LogP contribution in [0.3, 0.4) is 0 Å². The number of benzene rings is 2. The van der Waals surface area contributed by atoms with Crippen molar-refractivity contribution in [2.45, 2.75) is 49.8 Å². The van der Waals surface area contributed by atoms with E-state index in [2.05, 4.69) is 34.9 Å². The first-order valence-electron chi connectivity index (χ1n) is 11.8. The van der Waals surface area contributed by atoms with Crippen LogP contribution in [-0.4, -0.2) is 54.5 Å². The summed E-state index contributed by atoms with van der Waals surface area (Å²) in [4.78, 5) is 36.5. The van der Waals surface area contributed by atoms with Gasteiger partial charge in [-0.15, -0.1) is 0 Å². The van der Waals surface area contributed by atoms with Crippen LogP contribution in [-0.2, 0) is 19.1 Å². The van der Waals surface area contributed by atoms with E-state index < -0.39 is 30.1 Å².